The van der Waals surface area contributed by atoms with E-state index in [0.29, 0.717) is 5.25 Å². The van der Waals surface area contributed by atoms with E-state index in [9.17, 15) is 0 Å². The standard InChI is InChI=1S/C17H29N3OS/c1-7-18-17(19-11-13(3)22-6)20-14(4)15-10-12(2)8-9-16(15)21-5/h8-10,13-14H,7,11H2,1-6H3,(H2,18,19,20). The molecule has 4 nitrogen and oxygen atoms in total. The quantitative estimate of drug-likeness (QED) is 0.596. The van der Waals surface area contributed by atoms with Crippen LogP contribution in [0.1, 0.15) is 37.9 Å². The number of benzene rings is 1. The average molecular weight is 324 g/mol. The van der Waals surface area contributed by atoms with E-state index in [1.54, 1.807) is 7.11 Å². The molecule has 124 valence electrons. The number of guanidine groups is 1. The van der Waals surface area contributed by atoms with Crippen molar-refractivity contribution in [3.8, 4) is 5.75 Å². The summed E-state index contributed by atoms with van der Waals surface area (Å²) in [6, 6.07) is 6.36. The molecule has 0 heterocycles. The lowest BCUT2D eigenvalue weighted by Gasteiger charge is -2.21. The number of aliphatic imine (C=N–C) groups is 1. The zero-order valence-electron chi connectivity index (χ0n) is 14.6. The van der Waals surface area contributed by atoms with Crippen molar-refractivity contribution in [3.63, 3.8) is 0 Å². The van der Waals surface area contributed by atoms with Crippen LogP contribution in [0.15, 0.2) is 23.2 Å². The Labute approximate surface area is 139 Å². The van der Waals surface area contributed by atoms with Gasteiger partial charge in [0, 0.05) is 17.4 Å². The molecule has 0 radical (unpaired) electrons. The predicted octanol–water partition coefficient (Wildman–Crippen LogP) is 3.37. The molecule has 2 N–H and O–H groups in total. The van der Waals surface area contributed by atoms with Gasteiger partial charge in [0.2, 0.25) is 0 Å². The van der Waals surface area contributed by atoms with Gasteiger partial charge in [0.25, 0.3) is 0 Å². The van der Waals surface area contributed by atoms with Gasteiger partial charge >= 0.3 is 0 Å². The van der Waals surface area contributed by atoms with E-state index in [4.69, 9.17) is 4.74 Å². The fourth-order valence-electron chi connectivity index (χ4n) is 2.09. The highest BCUT2D eigenvalue weighted by molar-refractivity contribution is 7.99. The van der Waals surface area contributed by atoms with Crippen molar-refractivity contribution in [2.45, 2.75) is 39.0 Å². The van der Waals surface area contributed by atoms with Crippen molar-refractivity contribution in [1.29, 1.82) is 0 Å². The summed E-state index contributed by atoms with van der Waals surface area (Å²) in [4.78, 5) is 4.66. The monoisotopic (exact) mass is 323 g/mol. The molecule has 0 aliphatic carbocycles. The van der Waals surface area contributed by atoms with Crippen molar-refractivity contribution in [1.82, 2.24) is 10.6 Å². The third-order valence-electron chi connectivity index (χ3n) is 3.46. The second kappa shape index (κ2) is 9.62. The Morgan fingerprint density at radius 2 is 2.09 bits per heavy atom. The number of ether oxygens (including phenoxy) is 1. The number of hydrogen-bond donors (Lipinski definition) is 2. The normalized spacial score (nSPS) is 14.4. The van der Waals surface area contributed by atoms with Crippen LogP contribution in [-0.2, 0) is 0 Å². The van der Waals surface area contributed by atoms with Crippen LogP contribution in [0.4, 0.5) is 0 Å². The van der Waals surface area contributed by atoms with E-state index in [2.05, 4.69) is 61.7 Å². The van der Waals surface area contributed by atoms with E-state index >= 15 is 0 Å². The van der Waals surface area contributed by atoms with E-state index in [1.807, 2.05) is 17.8 Å². The van der Waals surface area contributed by atoms with Crippen molar-refractivity contribution in [2.75, 3.05) is 26.5 Å². The Bertz CT molecular complexity index is 491. The highest BCUT2D eigenvalue weighted by Crippen LogP contribution is 2.25. The number of nitrogens with zero attached hydrogens (tertiary/aromatic N) is 1. The molecule has 0 bridgehead atoms. The summed E-state index contributed by atoms with van der Waals surface area (Å²) in [6.45, 7) is 10.1. The highest BCUT2D eigenvalue weighted by Gasteiger charge is 2.13. The topological polar surface area (TPSA) is 45.7 Å². The molecule has 0 aliphatic rings. The second-order valence-corrected chi connectivity index (χ2v) is 6.65. The lowest BCUT2D eigenvalue weighted by atomic mass is 10.0. The maximum atomic E-state index is 5.47. The molecule has 5 heteroatoms. The maximum Gasteiger partial charge on any atom is 0.191 e. The van der Waals surface area contributed by atoms with E-state index in [-0.39, 0.29) is 6.04 Å². The van der Waals surface area contributed by atoms with E-state index in [0.717, 1.165) is 30.4 Å². The summed E-state index contributed by atoms with van der Waals surface area (Å²) in [7, 11) is 1.71. The largest absolute Gasteiger partial charge is 0.496 e. The van der Waals surface area contributed by atoms with Gasteiger partial charge in [0.15, 0.2) is 5.96 Å². The van der Waals surface area contributed by atoms with Crippen LogP contribution in [0.2, 0.25) is 0 Å². The van der Waals surface area contributed by atoms with Gasteiger partial charge in [-0.25, -0.2) is 0 Å². The molecule has 0 aromatic heterocycles. The van der Waals surface area contributed by atoms with Crippen LogP contribution in [0, 0.1) is 6.92 Å². The Morgan fingerprint density at radius 1 is 1.36 bits per heavy atom. The Morgan fingerprint density at radius 3 is 2.68 bits per heavy atom. The first-order valence-electron chi connectivity index (χ1n) is 7.74. The predicted molar refractivity (Wildman–Crippen MR) is 98.2 cm³/mol. The number of rotatable bonds is 7. The first-order valence-corrected chi connectivity index (χ1v) is 9.02. The third kappa shape index (κ3) is 5.79. The molecule has 2 atom stereocenters. The summed E-state index contributed by atoms with van der Waals surface area (Å²) in [5, 5.41) is 7.28. The molecule has 1 rings (SSSR count). The Kier molecular flexibility index (Phi) is 8.17. The number of nitrogens with one attached hydrogen (secondary N) is 2. The number of methoxy groups -OCH3 is 1. The van der Waals surface area contributed by atoms with Crippen LogP contribution in [0.5, 0.6) is 5.75 Å². The summed E-state index contributed by atoms with van der Waals surface area (Å²) in [5.74, 6) is 1.75. The Balaban J connectivity index is 2.86. The Hall–Kier alpha value is -1.36. The van der Waals surface area contributed by atoms with Gasteiger partial charge in [-0.05, 0) is 33.1 Å². The van der Waals surface area contributed by atoms with Crippen molar-refractivity contribution in [3.05, 3.63) is 29.3 Å². The first kappa shape index (κ1) is 18.7. The molecule has 0 aliphatic heterocycles. The molecule has 0 fully saturated rings. The summed E-state index contributed by atoms with van der Waals surface area (Å²) >= 11 is 1.83. The van der Waals surface area contributed by atoms with Crippen LogP contribution in [0.25, 0.3) is 0 Å². The smallest absolute Gasteiger partial charge is 0.191 e. The van der Waals surface area contributed by atoms with Crippen LogP contribution in [0.3, 0.4) is 0 Å². The van der Waals surface area contributed by atoms with Gasteiger partial charge in [0.05, 0.1) is 19.7 Å². The van der Waals surface area contributed by atoms with Gasteiger partial charge in [-0.2, -0.15) is 11.8 Å². The summed E-state index contributed by atoms with van der Waals surface area (Å²) in [6.07, 6.45) is 2.11. The number of hydrogen-bond acceptors (Lipinski definition) is 3. The minimum atomic E-state index is 0.122. The van der Waals surface area contributed by atoms with Crippen molar-refractivity contribution < 1.29 is 4.74 Å². The minimum Gasteiger partial charge on any atom is -0.496 e. The average Bonchev–Trinajstić information content (AvgIpc) is 2.52. The third-order valence-corrected chi connectivity index (χ3v) is 4.41. The maximum absolute atomic E-state index is 5.47. The van der Waals surface area contributed by atoms with Crippen molar-refractivity contribution in [2.24, 2.45) is 4.99 Å². The number of aryl methyl sites for hydroxylation is 1. The number of thioether (sulfide) groups is 1. The van der Waals surface area contributed by atoms with E-state index in [1.165, 1.54) is 5.56 Å². The van der Waals surface area contributed by atoms with Gasteiger partial charge in [-0.3, -0.25) is 4.99 Å². The van der Waals surface area contributed by atoms with Crippen LogP contribution < -0.4 is 15.4 Å². The zero-order valence-corrected chi connectivity index (χ0v) is 15.4. The zero-order chi connectivity index (χ0) is 16.5. The first-order chi connectivity index (χ1) is 10.5. The molecule has 0 saturated carbocycles. The summed E-state index contributed by atoms with van der Waals surface area (Å²) in [5.41, 5.74) is 2.37. The molecule has 0 saturated heterocycles. The van der Waals surface area contributed by atoms with Gasteiger partial charge in [0.1, 0.15) is 5.75 Å². The lowest BCUT2D eigenvalue weighted by Crippen LogP contribution is -2.39. The van der Waals surface area contributed by atoms with Crippen LogP contribution in [-0.4, -0.2) is 37.7 Å². The molecule has 22 heavy (non-hydrogen) atoms. The van der Waals surface area contributed by atoms with E-state index < -0.39 is 0 Å². The molecule has 1 aromatic carbocycles. The fourth-order valence-corrected chi connectivity index (χ4v) is 2.31. The SMILES string of the molecule is CCNC(=NCC(C)SC)NC(C)c1cc(C)ccc1OC. The van der Waals surface area contributed by atoms with Gasteiger partial charge in [-0.1, -0.05) is 24.6 Å². The second-order valence-electron chi connectivity index (χ2n) is 5.38. The highest BCUT2D eigenvalue weighted by atomic mass is 32.2. The minimum absolute atomic E-state index is 0.122. The van der Waals surface area contributed by atoms with Gasteiger partial charge < -0.3 is 15.4 Å². The summed E-state index contributed by atoms with van der Waals surface area (Å²) < 4.78 is 5.47. The molecule has 0 amide bonds. The van der Waals surface area contributed by atoms with Crippen molar-refractivity contribution >= 4 is 17.7 Å². The molecule has 0 spiro atoms. The fraction of sp³-hybridized carbons (Fsp3) is 0.588. The lowest BCUT2D eigenvalue weighted by molar-refractivity contribution is 0.405. The molecule has 2 unspecified atom stereocenters. The molecule has 1 aromatic rings. The molecular weight excluding hydrogens is 294 g/mol. The molecular formula is C17H29N3OS. The van der Waals surface area contributed by atoms with Crippen LogP contribution >= 0.6 is 11.8 Å². The van der Waals surface area contributed by atoms with Gasteiger partial charge in [-0.15, -0.1) is 0 Å².